The van der Waals surface area contributed by atoms with Gasteiger partial charge in [0.25, 0.3) is 0 Å². The van der Waals surface area contributed by atoms with Gasteiger partial charge in [0.2, 0.25) is 0 Å². The van der Waals surface area contributed by atoms with Crippen molar-refractivity contribution in [1.29, 1.82) is 0 Å². The van der Waals surface area contributed by atoms with Crippen LogP contribution >= 0.6 is 22.9 Å². The van der Waals surface area contributed by atoms with Crippen molar-refractivity contribution >= 4 is 56.3 Å². The first-order chi connectivity index (χ1) is 13.0. The average Bonchev–Trinajstić information content (AvgIpc) is 3.22. The largest absolute Gasteiger partial charge is 0.477 e. The summed E-state index contributed by atoms with van der Waals surface area (Å²) in [6.45, 7) is 0. The Hall–Kier alpha value is -2.74. The van der Waals surface area contributed by atoms with E-state index in [-0.39, 0.29) is 4.88 Å². The molecule has 2 aromatic carbocycles. The van der Waals surface area contributed by atoms with E-state index in [1.807, 2.05) is 6.07 Å². The smallest absolute Gasteiger partial charge is 0.346 e. The summed E-state index contributed by atoms with van der Waals surface area (Å²) in [5.41, 5.74) is 6.98. The maximum atomic E-state index is 11.8. The van der Waals surface area contributed by atoms with Gasteiger partial charge in [0.05, 0.1) is 21.6 Å². The third-order valence-electron chi connectivity index (χ3n) is 4.12. The molecule has 0 spiro atoms. The molecule has 8 heteroatoms. The molecule has 0 radical (unpaired) electrons. The van der Waals surface area contributed by atoms with Gasteiger partial charge in [-0.25, -0.2) is 9.78 Å². The molecule has 0 aliphatic carbocycles. The normalized spacial score (nSPS) is 10.7. The molecule has 0 saturated carbocycles. The number of imidazole rings is 1. The highest BCUT2D eigenvalue weighted by molar-refractivity contribution is 7.21. The van der Waals surface area contributed by atoms with Gasteiger partial charge in [0.1, 0.15) is 17.0 Å². The quantitative estimate of drug-likeness (QED) is 0.501. The Bertz CT molecular complexity index is 1180. The number of aromatic carboxylic acids is 1. The highest BCUT2D eigenvalue weighted by atomic mass is 35.5. The molecular weight excluding hydrogens is 386 g/mol. The topological polar surface area (TPSA) is 98.2 Å². The number of nitrogens with two attached hydrogens (primary N) is 1. The van der Waals surface area contributed by atoms with Crippen LogP contribution < -0.4 is 5.73 Å². The number of aryl methyl sites for hydroxylation is 1. The molecule has 0 bridgehead atoms. The number of thiophene rings is 1. The molecule has 4 aromatic rings. The van der Waals surface area contributed by atoms with E-state index >= 15 is 0 Å². The van der Waals surface area contributed by atoms with Crippen LogP contribution in [0, 0.1) is 0 Å². The van der Waals surface area contributed by atoms with Crippen molar-refractivity contribution in [3.05, 3.63) is 51.9 Å². The van der Waals surface area contributed by atoms with Gasteiger partial charge in [-0.2, -0.15) is 0 Å². The third kappa shape index (κ3) is 3.10. The number of hydrogen-bond donors (Lipinski definition) is 2. The molecule has 0 fully saturated rings. The fraction of sp³-hybridized carbons (Fsp3) is 0.105. The lowest BCUT2D eigenvalue weighted by atomic mass is 10.1. The van der Waals surface area contributed by atoms with Gasteiger partial charge in [0.15, 0.2) is 0 Å². The summed E-state index contributed by atoms with van der Waals surface area (Å²) in [6.07, 6.45) is 0.769. The minimum Gasteiger partial charge on any atom is -0.477 e. The van der Waals surface area contributed by atoms with Crippen molar-refractivity contribution in [2.45, 2.75) is 0 Å². The van der Waals surface area contributed by atoms with Crippen molar-refractivity contribution in [3.8, 4) is 11.4 Å². The highest BCUT2D eigenvalue weighted by Gasteiger charge is 2.24. The Balaban J connectivity index is 0.00000102. The number of hydrogen-bond acceptors (Lipinski definition) is 5. The van der Waals surface area contributed by atoms with Crippen molar-refractivity contribution in [3.63, 3.8) is 0 Å². The number of aromatic nitrogens is 2. The Morgan fingerprint density at radius 2 is 2.04 bits per heavy atom. The van der Waals surface area contributed by atoms with Crippen LogP contribution in [0.3, 0.4) is 0 Å². The molecule has 27 heavy (non-hydrogen) atoms. The van der Waals surface area contributed by atoms with Crippen LogP contribution in [0.25, 0.3) is 32.5 Å². The molecule has 138 valence electrons. The Morgan fingerprint density at radius 3 is 2.70 bits per heavy atom. The molecule has 4 rings (SSSR count). The number of carboxylic acids is 1. The van der Waals surface area contributed by atoms with Crippen molar-refractivity contribution in [1.82, 2.24) is 9.55 Å². The zero-order chi connectivity index (χ0) is 19.7. The number of fused-ring (bicyclic) bond motifs is 2. The lowest BCUT2D eigenvalue weighted by Crippen LogP contribution is -1.99. The van der Waals surface area contributed by atoms with Gasteiger partial charge in [-0.3, -0.25) is 4.79 Å². The fourth-order valence-electron chi connectivity index (χ4n) is 2.97. The molecule has 6 nitrogen and oxygen atoms in total. The first-order valence-electron chi connectivity index (χ1n) is 7.95. The molecule has 0 aliphatic heterocycles. The number of halogens is 1. The highest BCUT2D eigenvalue weighted by Crippen LogP contribution is 2.42. The molecule has 0 aliphatic rings. The van der Waals surface area contributed by atoms with E-state index in [1.54, 1.807) is 41.9 Å². The molecule has 0 saturated heterocycles. The van der Waals surface area contributed by atoms with Crippen LogP contribution in [0.2, 0.25) is 5.02 Å². The lowest BCUT2D eigenvalue weighted by Gasteiger charge is -2.04. The van der Waals surface area contributed by atoms with Crippen molar-refractivity contribution in [2.24, 2.45) is 12.8 Å². The van der Waals surface area contributed by atoms with Crippen LogP contribution in [0.1, 0.15) is 20.0 Å². The maximum absolute atomic E-state index is 11.8. The monoisotopic (exact) mass is 401 g/mol. The number of aldehydes is 1. The Labute approximate surface area is 163 Å². The zero-order valence-electron chi connectivity index (χ0n) is 14.6. The fourth-order valence-corrected chi connectivity index (χ4v) is 4.36. The van der Waals surface area contributed by atoms with E-state index in [1.165, 1.54) is 18.4 Å². The second kappa shape index (κ2) is 7.48. The van der Waals surface area contributed by atoms with E-state index < -0.39 is 5.97 Å². The van der Waals surface area contributed by atoms with E-state index in [0.717, 1.165) is 16.5 Å². The van der Waals surface area contributed by atoms with Crippen LogP contribution in [-0.4, -0.2) is 34.0 Å². The van der Waals surface area contributed by atoms with Crippen LogP contribution in [0.15, 0.2) is 36.4 Å². The molecule has 2 heterocycles. The molecule has 0 amide bonds. The number of carbonyl (C=O) groups is 2. The minimum atomic E-state index is -1.02. The van der Waals surface area contributed by atoms with Crippen LogP contribution in [-0.2, 0) is 7.05 Å². The van der Waals surface area contributed by atoms with Crippen molar-refractivity contribution < 1.29 is 14.7 Å². The summed E-state index contributed by atoms with van der Waals surface area (Å²) in [7, 11) is 3.30. The van der Waals surface area contributed by atoms with Crippen molar-refractivity contribution in [2.75, 3.05) is 7.05 Å². The number of rotatable bonds is 3. The molecule has 0 unspecified atom stereocenters. The summed E-state index contributed by atoms with van der Waals surface area (Å²) in [5, 5.41) is 10.8. The SMILES string of the molecule is CN.Cn1c(-c2c(C(=O)O)sc3cccc(Cl)c23)nc2ccc(C=O)cc21. The second-order valence-electron chi connectivity index (χ2n) is 5.58. The average molecular weight is 402 g/mol. The van der Waals surface area contributed by atoms with Gasteiger partial charge in [0, 0.05) is 22.7 Å². The van der Waals surface area contributed by atoms with Gasteiger partial charge in [-0.05, 0) is 37.4 Å². The number of nitrogens with zero attached hydrogens (tertiary/aromatic N) is 2. The van der Waals surface area contributed by atoms with Gasteiger partial charge in [-0.15, -0.1) is 11.3 Å². The summed E-state index contributed by atoms with van der Waals surface area (Å²) in [5.74, 6) is -0.511. The first kappa shape index (κ1) is 19.0. The lowest BCUT2D eigenvalue weighted by molar-refractivity contribution is 0.0702. The summed E-state index contributed by atoms with van der Waals surface area (Å²) in [4.78, 5) is 27.6. The summed E-state index contributed by atoms with van der Waals surface area (Å²) < 4.78 is 2.58. The molecule has 2 aromatic heterocycles. The summed E-state index contributed by atoms with van der Waals surface area (Å²) >= 11 is 7.53. The molecule has 0 atom stereocenters. The predicted molar refractivity (Wildman–Crippen MR) is 109 cm³/mol. The Kier molecular flexibility index (Phi) is 5.27. The van der Waals surface area contributed by atoms with Gasteiger partial charge < -0.3 is 15.4 Å². The van der Waals surface area contributed by atoms with E-state index in [9.17, 15) is 14.7 Å². The maximum Gasteiger partial charge on any atom is 0.346 e. The number of carboxylic acid groups (broad SMARTS) is 1. The third-order valence-corrected chi connectivity index (χ3v) is 5.58. The molecule has 3 N–H and O–H groups in total. The van der Waals surface area contributed by atoms with E-state index in [2.05, 4.69) is 10.7 Å². The van der Waals surface area contributed by atoms with Gasteiger partial charge >= 0.3 is 5.97 Å². The minimum absolute atomic E-state index is 0.192. The van der Waals surface area contributed by atoms with Gasteiger partial charge in [-0.1, -0.05) is 17.7 Å². The summed E-state index contributed by atoms with van der Waals surface area (Å²) in [6, 6.07) is 10.5. The molecular formula is C19H16ClN3O3S. The Morgan fingerprint density at radius 1 is 1.30 bits per heavy atom. The standard InChI is InChI=1S/C18H11ClN2O3S.CH5N/c1-21-12-7-9(8-22)5-6-11(12)20-17(21)15-14-10(19)3-2-4-13(14)25-16(15)18(23)24;1-2/h2-8H,1H3,(H,23,24);2H2,1H3. The van der Waals surface area contributed by atoms with E-state index in [0.29, 0.717) is 32.9 Å². The number of benzene rings is 2. The first-order valence-corrected chi connectivity index (χ1v) is 9.14. The second-order valence-corrected chi connectivity index (χ2v) is 7.04. The van der Waals surface area contributed by atoms with Crippen LogP contribution in [0.4, 0.5) is 0 Å². The van der Waals surface area contributed by atoms with E-state index in [4.69, 9.17) is 11.6 Å². The van der Waals surface area contributed by atoms with Crippen LogP contribution in [0.5, 0.6) is 0 Å². The predicted octanol–water partition coefficient (Wildman–Crippen LogP) is 4.19. The number of carbonyl (C=O) groups excluding carboxylic acids is 1. The zero-order valence-corrected chi connectivity index (χ0v) is 16.1.